The highest BCUT2D eigenvalue weighted by Crippen LogP contribution is 2.27. The van der Waals surface area contributed by atoms with Gasteiger partial charge in [-0.1, -0.05) is 26.2 Å². The van der Waals surface area contributed by atoms with Gasteiger partial charge in [-0.15, -0.1) is 0 Å². The number of carboxylic acids is 1. The Kier molecular flexibility index (Phi) is 4.54. The molecule has 4 atom stereocenters. The lowest BCUT2D eigenvalue weighted by Gasteiger charge is -2.33. The number of hydrogen-bond donors (Lipinski definition) is 3. The second kappa shape index (κ2) is 5.47. The molecule has 4 nitrogen and oxygen atoms in total. The van der Waals surface area contributed by atoms with Gasteiger partial charge in [-0.3, -0.25) is 4.79 Å². The first-order chi connectivity index (χ1) is 7.07. The van der Waals surface area contributed by atoms with E-state index in [2.05, 4.69) is 6.92 Å². The van der Waals surface area contributed by atoms with Crippen molar-refractivity contribution in [3.8, 4) is 0 Å². The van der Waals surface area contributed by atoms with Gasteiger partial charge in [0.15, 0.2) is 0 Å². The van der Waals surface area contributed by atoms with Gasteiger partial charge < -0.3 is 16.6 Å². The molecule has 15 heavy (non-hydrogen) atoms. The summed E-state index contributed by atoms with van der Waals surface area (Å²) in [7, 11) is 0. The van der Waals surface area contributed by atoms with E-state index in [9.17, 15) is 4.79 Å². The van der Waals surface area contributed by atoms with Crippen LogP contribution in [0.25, 0.3) is 0 Å². The van der Waals surface area contributed by atoms with Gasteiger partial charge in [0.2, 0.25) is 0 Å². The van der Waals surface area contributed by atoms with E-state index < -0.39 is 11.9 Å². The molecule has 0 amide bonds. The maximum atomic E-state index is 11.1. The van der Waals surface area contributed by atoms with Crippen LogP contribution in [0.5, 0.6) is 0 Å². The maximum absolute atomic E-state index is 11.1. The van der Waals surface area contributed by atoms with Gasteiger partial charge in [0.05, 0.1) is 5.92 Å². The predicted molar refractivity (Wildman–Crippen MR) is 59.3 cm³/mol. The van der Waals surface area contributed by atoms with E-state index in [1.54, 1.807) is 0 Å². The van der Waals surface area contributed by atoms with E-state index in [0.29, 0.717) is 5.92 Å². The highest BCUT2D eigenvalue weighted by Gasteiger charge is 2.36. The normalized spacial score (nSPS) is 38.1. The summed E-state index contributed by atoms with van der Waals surface area (Å²) in [6, 6.07) is -0.574. The Morgan fingerprint density at radius 1 is 1.33 bits per heavy atom. The van der Waals surface area contributed by atoms with Crippen LogP contribution < -0.4 is 11.5 Å². The van der Waals surface area contributed by atoms with Crippen LogP contribution in [0.4, 0.5) is 0 Å². The van der Waals surface area contributed by atoms with Crippen molar-refractivity contribution in [3.63, 3.8) is 0 Å². The van der Waals surface area contributed by atoms with Crippen LogP contribution in [-0.4, -0.2) is 23.2 Å². The molecule has 4 unspecified atom stereocenters. The molecule has 1 fully saturated rings. The molecule has 0 radical (unpaired) electrons. The molecule has 1 aliphatic rings. The van der Waals surface area contributed by atoms with Crippen molar-refractivity contribution in [2.24, 2.45) is 23.3 Å². The van der Waals surface area contributed by atoms with E-state index in [-0.39, 0.29) is 12.1 Å². The van der Waals surface area contributed by atoms with E-state index in [1.165, 1.54) is 0 Å². The van der Waals surface area contributed by atoms with Gasteiger partial charge in [-0.2, -0.15) is 0 Å². The van der Waals surface area contributed by atoms with Crippen molar-refractivity contribution in [1.82, 2.24) is 0 Å². The first-order valence-corrected chi connectivity index (χ1v) is 5.81. The lowest BCUT2D eigenvalue weighted by molar-refractivity contribution is -0.144. The molecular formula is C11H22N2O2. The molecule has 0 bridgehead atoms. The largest absolute Gasteiger partial charge is 0.481 e. The van der Waals surface area contributed by atoms with Gasteiger partial charge in [-0.25, -0.2) is 0 Å². The molecule has 88 valence electrons. The molecule has 0 spiro atoms. The second-order valence-electron chi connectivity index (χ2n) is 4.56. The third kappa shape index (κ3) is 2.92. The maximum Gasteiger partial charge on any atom is 0.309 e. The van der Waals surface area contributed by atoms with Gasteiger partial charge in [0, 0.05) is 12.1 Å². The lowest BCUT2D eigenvalue weighted by Crippen LogP contribution is -2.51. The van der Waals surface area contributed by atoms with E-state index in [0.717, 1.165) is 32.1 Å². The summed E-state index contributed by atoms with van der Waals surface area (Å²) in [4.78, 5) is 11.1. The zero-order valence-corrected chi connectivity index (χ0v) is 9.36. The average Bonchev–Trinajstić information content (AvgIpc) is 2.15. The molecule has 0 aromatic carbocycles. The minimum atomic E-state index is -0.838. The van der Waals surface area contributed by atoms with Crippen LogP contribution in [-0.2, 0) is 4.79 Å². The summed E-state index contributed by atoms with van der Waals surface area (Å²) in [5.41, 5.74) is 11.9. The molecular weight excluding hydrogens is 192 g/mol. The molecule has 0 saturated heterocycles. The molecule has 1 saturated carbocycles. The first kappa shape index (κ1) is 12.5. The fourth-order valence-corrected chi connectivity index (χ4v) is 2.56. The van der Waals surface area contributed by atoms with Crippen LogP contribution in [0.2, 0.25) is 0 Å². The van der Waals surface area contributed by atoms with Crippen molar-refractivity contribution in [3.05, 3.63) is 0 Å². The minimum absolute atomic E-state index is 0.285. The number of carboxylic acid groups (broad SMARTS) is 1. The van der Waals surface area contributed by atoms with Crippen LogP contribution >= 0.6 is 0 Å². The Bertz CT molecular complexity index is 221. The van der Waals surface area contributed by atoms with Crippen LogP contribution in [0, 0.1) is 11.8 Å². The van der Waals surface area contributed by atoms with Crippen molar-refractivity contribution < 1.29 is 9.90 Å². The number of carbonyl (C=O) groups is 1. The van der Waals surface area contributed by atoms with E-state index >= 15 is 0 Å². The third-order valence-corrected chi connectivity index (χ3v) is 3.59. The molecule has 1 aliphatic carbocycles. The number of aliphatic carboxylic acids is 1. The van der Waals surface area contributed by atoms with Gasteiger partial charge >= 0.3 is 5.97 Å². The van der Waals surface area contributed by atoms with Crippen molar-refractivity contribution in [1.29, 1.82) is 0 Å². The van der Waals surface area contributed by atoms with Gasteiger partial charge in [0.25, 0.3) is 0 Å². The fourth-order valence-electron chi connectivity index (χ4n) is 2.56. The Morgan fingerprint density at radius 3 is 2.47 bits per heavy atom. The number of rotatable bonds is 2. The van der Waals surface area contributed by atoms with Crippen LogP contribution in [0.15, 0.2) is 0 Å². The summed E-state index contributed by atoms with van der Waals surface area (Å²) < 4.78 is 0. The molecule has 5 N–H and O–H groups in total. The first-order valence-electron chi connectivity index (χ1n) is 5.81. The molecule has 0 heterocycles. The number of hydrogen-bond acceptors (Lipinski definition) is 3. The fraction of sp³-hybridized carbons (Fsp3) is 0.909. The summed E-state index contributed by atoms with van der Waals surface area (Å²) in [5.74, 6) is -1.11. The third-order valence-electron chi connectivity index (χ3n) is 3.59. The topological polar surface area (TPSA) is 89.3 Å². The van der Waals surface area contributed by atoms with E-state index in [4.69, 9.17) is 16.6 Å². The average molecular weight is 214 g/mol. The smallest absolute Gasteiger partial charge is 0.309 e. The van der Waals surface area contributed by atoms with Crippen LogP contribution in [0.3, 0.4) is 0 Å². The molecule has 4 heteroatoms. The highest BCUT2D eigenvalue weighted by molar-refractivity contribution is 5.71. The lowest BCUT2D eigenvalue weighted by atomic mass is 9.77. The van der Waals surface area contributed by atoms with Gasteiger partial charge in [0.1, 0.15) is 0 Å². The predicted octanol–water partition coefficient (Wildman–Crippen LogP) is 0.942. The molecule has 0 aromatic heterocycles. The quantitative estimate of drug-likeness (QED) is 0.638. The highest BCUT2D eigenvalue weighted by atomic mass is 16.4. The zero-order chi connectivity index (χ0) is 11.4. The van der Waals surface area contributed by atoms with Crippen molar-refractivity contribution in [2.45, 2.75) is 51.1 Å². The Labute approximate surface area is 91.0 Å². The van der Waals surface area contributed by atoms with E-state index in [1.807, 2.05) is 0 Å². The zero-order valence-electron chi connectivity index (χ0n) is 9.36. The number of nitrogens with two attached hydrogens (primary N) is 2. The summed E-state index contributed by atoms with van der Waals surface area (Å²) >= 11 is 0. The van der Waals surface area contributed by atoms with Crippen molar-refractivity contribution in [2.75, 3.05) is 0 Å². The summed E-state index contributed by atoms with van der Waals surface area (Å²) in [5, 5.41) is 9.15. The van der Waals surface area contributed by atoms with Crippen molar-refractivity contribution >= 4 is 5.97 Å². The minimum Gasteiger partial charge on any atom is -0.481 e. The second-order valence-corrected chi connectivity index (χ2v) is 4.56. The van der Waals surface area contributed by atoms with Crippen LogP contribution in [0.1, 0.15) is 39.0 Å². The summed E-state index contributed by atoms with van der Waals surface area (Å²) in [6.07, 6.45) is 4.90. The molecule has 0 aromatic rings. The SMILES string of the molecule is CCC1CCCCC(N)C(C(=O)O)C1N. The Balaban J connectivity index is 2.79. The summed E-state index contributed by atoms with van der Waals surface area (Å²) in [6.45, 7) is 2.07. The standard InChI is InChI=1S/C11H22N2O2/c1-2-7-5-3-4-6-8(12)9(10(7)13)11(14)15/h7-10H,2-6,12-13H2,1H3,(H,14,15). The van der Waals surface area contributed by atoms with Gasteiger partial charge in [-0.05, 0) is 18.8 Å². The monoisotopic (exact) mass is 214 g/mol. The Hall–Kier alpha value is -0.610. The Morgan fingerprint density at radius 2 is 1.93 bits per heavy atom. The molecule has 1 rings (SSSR count). The molecule has 0 aliphatic heterocycles.